The lowest BCUT2D eigenvalue weighted by Crippen LogP contribution is -2.37. The number of halogens is 1. The molecule has 1 fully saturated rings. The van der Waals surface area contributed by atoms with Gasteiger partial charge in [0.2, 0.25) is 5.95 Å². The van der Waals surface area contributed by atoms with E-state index in [0.717, 1.165) is 23.4 Å². The molecule has 1 aromatic heterocycles. The summed E-state index contributed by atoms with van der Waals surface area (Å²) in [5, 5.41) is 3.15. The molecule has 1 N–H and O–H groups in total. The van der Waals surface area contributed by atoms with Crippen molar-refractivity contribution in [1.29, 1.82) is 0 Å². The van der Waals surface area contributed by atoms with Gasteiger partial charge in [0.15, 0.2) is 0 Å². The van der Waals surface area contributed by atoms with Crippen LogP contribution in [0.3, 0.4) is 0 Å². The van der Waals surface area contributed by atoms with E-state index < -0.39 is 0 Å². The number of anilines is 2. The average molecular weight is 328 g/mol. The maximum absolute atomic E-state index is 4.57. The zero-order chi connectivity index (χ0) is 13.8. The van der Waals surface area contributed by atoms with E-state index >= 15 is 0 Å². The molecule has 0 aliphatic carbocycles. The fourth-order valence-electron chi connectivity index (χ4n) is 2.48. The van der Waals surface area contributed by atoms with Crippen LogP contribution in [0, 0.1) is 0 Å². The molecule has 0 amide bonds. The van der Waals surface area contributed by atoms with E-state index in [9.17, 15) is 0 Å². The Morgan fingerprint density at radius 3 is 3.00 bits per heavy atom. The van der Waals surface area contributed by atoms with E-state index in [2.05, 4.69) is 55.1 Å². The quantitative estimate of drug-likeness (QED) is 0.898. The monoisotopic (exact) mass is 327 g/mol. The number of likely N-dealkylation sites (N-methyl/N-ethyl adjacent to an activating group) is 2. The smallest absolute Gasteiger partial charge is 0.224 e. The molecule has 6 heteroatoms. The normalized spacial score (nSPS) is 19.7. The molecule has 106 valence electrons. The molecule has 1 aliphatic heterocycles. The summed E-state index contributed by atoms with van der Waals surface area (Å²) >= 11 is 3.54. The fourth-order valence-corrected chi connectivity index (χ4v) is 2.98. The van der Waals surface area contributed by atoms with Crippen molar-refractivity contribution in [1.82, 2.24) is 14.9 Å². The summed E-state index contributed by atoms with van der Waals surface area (Å²) in [6.07, 6.45) is 4.38. The Morgan fingerprint density at radius 1 is 1.58 bits per heavy atom. The maximum atomic E-state index is 4.57. The number of hydrogen-bond donors (Lipinski definition) is 1. The van der Waals surface area contributed by atoms with Gasteiger partial charge in [-0.3, -0.25) is 0 Å². The second-order valence-corrected chi connectivity index (χ2v) is 5.91. The first-order valence-corrected chi connectivity index (χ1v) is 7.59. The van der Waals surface area contributed by atoms with Crippen LogP contribution in [-0.4, -0.2) is 54.6 Å². The Bertz CT molecular complexity index is 425. The first-order valence-electron chi connectivity index (χ1n) is 6.79. The zero-order valence-electron chi connectivity index (χ0n) is 11.9. The van der Waals surface area contributed by atoms with Gasteiger partial charge in [-0.25, -0.2) is 4.98 Å². The number of aromatic nitrogens is 2. The Kier molecular flexibility index (Phi) is 4.99. The molecule has 0 spiro atoms. The number of nitrogens with one attached hydrogen (secondary N) is 1. The molecule has 0 aromatic carbocycles. The number of hydrogen-bond acceptors (Lipinski definition) is 5. The highest BCUT2D eigenvalue weighted by Crippen LogP contribution is 2.25. The summed E-state index contributed by atoms with van der Waals surface area (Å²) in [4.78, 5) is 13.5. The topological polar surface area (TPSA) is 44.3 Å². The second kappa shape index (κ2) is 6.52. The SMILES string of the molecule is CCNc1ncc(Br)c(N(C)CC2CCCN2C)n1. The molecule has 19 heavy (non-hydrogen) atoms. The van der Waals surface area contributed by atoms with E-state index in [1.54, 1.807) is 0 Å². The van der Waals surface area contributed by atoms with Crippen LogP contribution in [0.15, 0.2) is 10.7 Å². The number of rotatable bonds is 5. The molecule has 2 heterocycles. The minimum absolute atomic E-state index is 0.620. The van der Waals surface area contributed by atoms with Crippen LogP contribution >= 0.6 is 15.9 Å². The maximum Gasteiger partial charge on any atom is 0.224 e. The van der Waals surface area contributed by atoms with Gasteiger partial charge in [0, 0.05) is 32.4 Å². The van der Waals surface area contributed by atoms with E-state index in [1.807, 2.05) is 13.1 Å². The summed E-state index contributed by atoms with van der Waals surface area (Å²) in [6.45, 7) is 5.07. The summed E-state index contributed by atoms with van der Waals surface area (Å²) in [5.74, 6) is 1.64. The lowest BCUT2D eigenvalue weighted by atomic mass is 10.2. The third-order valence-corrected chi connectivity index (χ3v) is 4.14. The molecule has 0 radical (unpaired) electrons. The van der Waals surface area contributed by atoms with Gasteiger partial charge >= 0.3 is 0 Å². The van der Waals surface area contributed by atoms with Gasteiger partial charge in [-0.2, -0.15) is 4.98 Å². The Balaban J connectivity index is 2.08. The van der Waals surface area contributed by atoms with Crippen molar-refractivity contribution in [2.24, 2.45) is 0 Å². The van der Waals surface area contributed by atoms with Crippen LogP contribution in [0.5, 0.6) is 0 Å². The minimum Gasteiger partial charge on any atom is -0.357 e. The van der Waals surface area contributed by atoms with Crippen molar-refractivity contribution >= 4 is 27.7 Å². The first kappa shape index (κ1) is 14.5. The molecular weight excluding hydrogens is 306 g/mol. The summed E-state index contributed by atoms with van der Waals surface area (Å²) in [5.41, 5.74) is 0. The largest absolute Gasteiger partial charge is 0.357 e. The van der Waals surface area contributed by atoms with E-state index in [1.165, 1.54) is 19.4 Å². The van der Waals surface area contributed by atoms with Gasteiger partial charge < -0.3 is 15.1 Å². The Hall–Kier alpha value is -0.880. The van der Waals surface area contributed by atoms with Crippen LogP contribution in [0.1, 0.15) is 19.8 Å². The average Bonchev–Trinajstić information content (AvgIpc) is 2.77. The van der Waals surface area contributed by atoms with Gasteiger partial charge in [0.1, 0.15) is 5.82 Å². The fraction of sp³-hybridized carbons (Fsp3) is 0.692. The van der Waals surface area contributed by atoms with Gasteiger partial charge in [-0.15, -0.1) is 0 Å². The first-order chi connectivity index (χ1) is 9.11. The van der Waals surface area contributed by atoms with Crippen LogP contribution in [0.4, 0.5) is 11.8 Å². The molecule has 0 saturated carbocycles. The predicted octanol–water partition coefficient (Wildman–Crippen LogP) is 2.20. The van der Waals surface area contributed by atoms with Crippen LogP contribution in [-0.2, 0) is 0 Å². The second-order valence-electron chi connectivity index (χ2n) is 5.05. The standard InChI is InChI=1S/C13H22BrN5/c1-4-15-13-16-8-11(14)12(17-13)19(3)9-10-6-5-7-18(10)2/h8,10H,4-7,9H2,1-3H3,(H,15,16,17). The molecule has 1 atom stereocenters. The summed E-state index contributed by atoms with van der Waals surface area (Å²) < 4.78 is 0.942. The minimum atomic E-state index is 0.620. The molecular formula is C13H22BrN5. The van der Waals surface area contributed by atoms with Crippen molar-refractivity contribution in [2.45, 2.75) is 25.8 Å². The molecule has 1 aromatic rings. The summed E-state index contributed by atoms with van der Waals surface area (Å²) in [7, 11) is 4.29. The van der Waals surface area contributed by atoms with Crippen LogP contribution < -0.4 is 10.2 Å². The van der Waals surface area contributed by atoms with Gasteiger partial charge in [0.05, 0.1) is 4.47 Å². The van der Waals surface area contributed by atoms with E-state index in [0.29, 0.717) is 12.0 Å². The van der Waals surface area contributed by atoms with E-state index in [4.69, 9.17) is 0 Å². The number of likely N-dealkylation sites (tertiary alicyclic amines) is 1. The molecule has 2 rings (SSSR count). The highest BCUT2D eigenvalue weighted by molar-refractivity contribution is 9.10. The van der Waals surface area contributed by atoms with Crippen molar-refractivity contribution in [2.75, 3.05) is 43.9 Å². The predicted molar refractivity (Wildman–Crippen MR) is 82.8 cm³/mol. The molecule has 0 bridgehead atoms. The summed E-state index contributed by atoms with van der Waals surface area (Å²) in [6, 6.07) is 0.620. The van der Waals surface area contributed by atoms with Crippen molar-refractivity contribution in [3.63, 3.8) is 0 Å². The van der Waals surface area contributed by atoms with Gasteiger partial charge in [-0.1, -0.05) is 0 Å². The lowest BCUT2D eigenvalue weighted by molar-refractivity contribution is 0.314. The highest BCUT2D eigenvalue weighted by Gasteiger charge is 2.23. The molecule has 1 saturated heterocycles. The van der Waals surface area contributed by atoms with Crippen LogP contribution in [0.2, 0.25) is 0 Å². The highest BCUT2D eigenvalue weighted by atomic mass is 79.9. The lowest BCUT2D eigenvalue weighted by Gasteiger charge is -2.27. The van der Waals surface area contributed by atoms with Crippen molar-refractivity contribution < 1.29 is 0 Å². The Labute approximate surface area is 123 Å². The zero-order valence-corrected chi connectivity index (χ0v) is 13.4. The van der Waals surface area contributed by atoms with Gasteiger partial charge in [0.25, 0.3) is 0 Å². The Morgan fingerprint density at radius 2 is 2.37 bits per heavy atom. The molecule has 1 unspecified atom stereocenters. The van der Waals surface area contributed by atoms with Crippen LogP contribution in [0.25, 0.3) is 0 Å². The van der Waals surface area contributed by atoms with Gasteiger partial charge in [-0.05, 0) is 49.3 Å². The van der Waals surface area contributed by atoms with Crippen molar-refractivity contribution in [3.05, 3.63) is 10.7 Å². The molecule has 5 nitrogen and oxygen atoms in total. The van der Waals surface area contributed by atoms with E-state index in [-0.39, 0.29) is 0 Å². The third-order valence-electron chi connectivity index (χ3n) is 3.58. The van der Waals surface area contributed by atoms with Crippen molar-refractivity contribution in [3.8, 4) is 0 Å². The number of nitrogens with zero attached hydrogens (tertiary/aromatic N) is 4. The third kappa shape index (κ3) is 3.57. The molecule has 1 aliphatic rings.